The van der Waals surface area contributed by atoms with Gasteiger partial charge in [0.15, 0.2) is 0 Å². The molecule has 6 rings (SSSR count). The van der Waals surface area contributed by atoms with Crippen LogP contribution in [0.25, 0.3) is 11.1 Å². The Balaban J connectivity index is 1.39. The zero-order valence-corrected chi connectivity index (χ0v) is 23.2. The van der Waals surface area contributed by atoms with E-state index in [2.05, 4.69) is 122 Å². The van der Waals surface area contributed by atoms with Crippen molar-refractivity contribution in [2.75, 3.05) is 12.0 Å². The normalized spacial score (nSPS) is 23.8. The summed E-state index contributed by atoms with van der Waals surface area (Å²) in [7, 11) is 1.53. The lowest BCUT2D eigenvalue weighted by atomic mass is 9.50. The Hall–Kier alpha value is -3.85. The third-order valence-corrected chi connectivity index (χ3v) is 9.49. The van der Waals surface area contributed by atoms with Gasteiger partial charge in [-0.3, -0.25) is 4.79 Å². The molecule has 2 aliphatic rings. The van der Waals surface area contributed by atoms with E-state index < -0.39 is 5.41 Å². The third kappa shape index (κ3) is 4.34. The Kier molecular flexibility index (Phi) is 6.54. The van der Waals surface area contributed by atoms with Crippen molar-refractivity contribution in [3.63, 3.8) is 0 Å². The smallest absolute Gasteiger partial charge is 0.311 e. The topological polar surface area (TPSA) is 29.5 Å². The van der Waals surface area contributed by atoms with Gasteiger partial charge in [0.05, 0.1) is 12.5 Å². The Bertz CT molecular complexity index is 1460. The quantitative estimate of drug-likeness (QED) is 0.248. The molecule has 198 valence electrons. The maximum atomic E-state index is 12.9. The van der Waals surface area contributed by atoms with Crippen LogP contribution in [0.1, 0.15) is 50.7 Å². The minimum Gasteiger partial charge on any atom is -0.469 e. The number of esters is 1. The number of carbonyl (C=O) groups excluding carboxylic acids is 1. The summed E-state index contributed by atoms with van der Waals surface area (Å²) in [6.07, 6.45) is 5.05. The van der Waals surface area contributed by atoms with Crippen molar-refractivity contribution in [3.8, 4) is 11.1 Å². The first-order valence-electron chi connectivity index (χ1n) is 14.2. The van der Waals surface area contributed by atoms with Crippen molar-refractivity contribution in [3.05, 3.63) is 114 Å². The number of anilines is 3. The molecule has 0 aliphatic heterocycles. The fourth-order valence-corrected chi connectivity index (χ4v) is 7.55. The van der Waals surface area contributed by atoms with E-state index in [1.165, 1.54) is 35.1 Å². The molecule has 0 heterocycles. The van der Waals surface area contributed by atoms with E-state index in [1.54, 1.807) is 0 Å². The molecule has 1 saturated carbocycles. The largest absolute Gasteiger partial charge is 0.469 e. The highest BCUT2D eigenvalue weighted by atomic mass is 16.5. The molecule has 0 unspecified atom stereocenters. The Morgan fingerprint density at radius 3 is 2.08 bits per heavy atom. The van der Waals surface area contributed by atoms with Crippen LogP contribution < -0.4 is 4.90 Å². The highest BCUT2D eigenvalue weighted by Crippen LogP contribution is 2.58. The molecule has 3 heteroatoms. The van der Waals surface area contributed by atoms with Crippen LogP contribution in [0, 0.1) is 11.3 Å². The summed E-state index contributed by atoms with van der Waals surface area (Å²) in [6.45, 7) is 4.52. The van der Waals surface area contributed by atoms with Gasteiger partial charge in [0.2, 0.25) is 0 Å². The molecule has 3 nitrogen and oxygen atoms in total. The summed E-state index contributed by atoms with van der Waals surface area (Å²) in [6, 6.07) is 37.0. The van der Waals surface area contributed by atoms with Gasteiger partial charge in [-0.1, -0.05) is 80.1 Å². The molecule has 0 bridgehead atoms. The summed E-state index contributed by atoms with van der Waals surface area (Å²) >= 11 is 0. The average Bonchev–Trinajstić information content (AvgIpc) is 2.98. The molecule has 0 saturated heterocycles. The maximum absolute atomic E-state index is 12.9. The van der Waals surface area contributed by atoms with E-state index in [9.17, 15) is 4.79 Å². The lowest BCUT2D eigenvalue weighted by Gasteiger charge is -2.54. The number of hydrogen-bond acceptors (Lipinski definition) is 3. The second-order valence-corrected chi connectivity index (χ2v) is 11.7. The fraction of sp³-hybridized carbons (Fsp3) is 0.306. The van der Waals surface area contributed by atoms with Crippen LogP contribution in [-0.2, 0) is 21.4 Å². The van der Waals surface area contributed by atoms with Crippen molar-refractivity contribution in [1.82, 2.24) is 0 Å². The number of rotatable bonds is 5. The van der Waals surface area contributed by atoms with Crippen molar-refractivity contribution < 1.29 is 9.53 Å². The molecular formula is C36H37NO2. The minimum atomic E-state index is -0.422. The summed E-state index contributed by atoms with van der Waals surface area (Å²) in [5.41, 5.74) is 8.24. The molecular weight excluding hydrogens is 478 g/mol. The number of fused-ring (bicyclic) bond motifs is 3. The molecule has 0 amide bonds. The Morgan fingerprint density at radius 2 is 1.38 bits per heavy atom. The van der Waals surface area contributed by atoms with Gasteiger partial charge in [-0.05, 0) is 103 Å². The molecule has 0 radical (unpaired) electrons. The number of nitrogens with zero attached hydrogens (tertiary/aromatic N) is 1. The first-order valence-corrected chi connectivity index (χ1v) is 14.2. The zero-order chi connectivity index (χ0) is 27.0. The lowest BCUT2D eigenvalue weighted by molar-refractivity contribution is -0.161. The number of carbonyl (C=O) groups is 1. The molecule has 4 aromatic carbocycles. The van der Waals surface area contributed by atoms with Gasteiger partial charge >= 0.3 is 5.97 Å². The van der Waals surface area contributed by atoms with Crippen LogP contribution in [0.15, 0.2) is 103 Å². The highest BCUT2D eigenvalue weighted by Gasteiger charge is 2.55. The molecule has 0 N–H and O–H groups in total. The van der Waals surface area contributed by atoms with Crippen LogP contribution >= 0.6 is 0 Å². The number of ether oxygens (including phenoxy) is 1. The van der Waals surface area contributed by atoms with Gasteiger partial charge in [0.1, 0.15) is 0 Å². The van der Waals surface area contributed by atoms with E-state index in [0.717, 1.165) is 43.5 Å². The van der Waals surface area contributed by atoms with Gasteiger partial charge in [-0.15, -0.1) is 0 Å². The van der Waals surface area contributed by atoms with Crippen LogP contribution in [-0.4, -0.2) is 13.1 Å². The molecule has 0 aromatic heterocycles. The molecule has 39 heavy (non-hydrogen) atoms. The number of methoxy groups -OCH3 is 1. The van der Waals surface area contributed by atoms with Crippen LogP contribution in [0.3, 0.4) is 0 Å². The highest BCUT2D eigenvalue weighted by molar-refractivity contribution is 5.80. The van der Waals surface area contributed by atoms with Crippen LogP contribution in [0.2, 0.25) is 0 Å². The van der Waals surface area contributed by atoms with Crippen LogP contribution in [0.4, 0.5) is 17.1 Å². The predicted octanol–water partition coefficient (Wildman–Crippen LogP) is 9.01. The third-order valence-electron chi connectivity index (χ3n) is 9.49. The number of para-hydroxylation sites is 1. The van der Waals surface area contributed by atoms with Gasteiger partial charge < -0.3 is 9.64 Å². The lowest BCUT2D eigenvalue weighted by Crippen LogP contribution is -2.52. The van der Waals surface area contributed by atoms with E-state index in [0.29, 0.717) is 5.92 Å². The van der Waals surface area contributed by atoms with Crippen molar-refractivity contribution in [1.29, 1.82) is 0 Å². The molecule has 1 fully saturated rings. The SMILES string of the molecule is COC(=O)[C@]1(C)CCC[C@]2(C)c3ccc(N(c4ccccc4)c4ccc(-c5ccccc5)cc4)cc3CC[C@@H]12. The number of hydrogen-bond donors (Lipinski definition) is 0. The molecule has 4 aromatic rings. The zero-order valence-electron chi connectivity index (χ0n) is 23.2. The van der Waals surface area contributed by atoms with Crippen molar-refractivity contribution >= 4 is 23.0 Å². The fourth-order valence-electron chi connectivity index (χ4n) is 7.55. The van der Waals surface area contributed by atoms with E-state index in [4.69, 9.17) is 4.74 Å². The van der Waals surface area contributed by atoms with E-state index in [-0.39, 0.29) is 11.4 Å². The minimum absolute atomic E-state index is 0.0256. The molecule has 3 atom stereocenters. The summed E-state index contributed by atoms with van der Waals surface area (Å²) < 4.78 is 5.31. The summed E-state index contributed by atoms with van der Waals surface area (Å²) in [5.74, 6) is 0.244. The summed E-state index contributed by atoms with van der Waals surface area (Å²) in [4.78, 5) is 15.3. The second-order valence-electron chi connectivity index (χ2n) is 11.7. The first kappa shape index (κ1) is 25.4. The number of benzene rings is 4. The van der Waals surface area contributed by atoms with E-state index in [1.807, 2.05) is 0 Å². The Labute approximate surface area is 232 Å². The molecule has 0 spiro atoms. The van der Waals surface area contributed by atoms with Gasteiger partial charge in [0.25, 0.3) is 0 Å². The Morgan fingerprint density at radius 1 is 0.769 bits per heavy atom. The van der Waals surface area contributed by atoms with Gasteiger partial charge in [0, 0.05) is 17.1 Å². The van der Waals surface area contributed by atoms with Gasteiger partial charge in [-0.25, -0.2) is 0 Å². The molecule has 2 aliphatic carbocycles. The predicted molar refractivity (Wildman–Crippen MR) is 160 cm³/mol. The van der Waals surface area contributed by atoms with Crippen LogP contribution in [0.5, 0.6) is 0 Å². The first-order chi connectivity index (χ1) is 18.9. The number of aryl methyl sites for hydroxylation is 1. The average molecular weight is 516 g/mol. The van der Waals surface area contributed by atoms with E-state index >= 15 is 0 Å². The second kappa shape index (κ2) is 10.0. The van der Waals surface area contributed by atoms with Gasteiger partial charge in [-0.2, -0.15) is 0 Å². The standard InChI is InChI=1S/C36H37NO2/c1-35-23-10-24-36(2,34(38)39-3)33(35)22-17-28-25-31(20-21-32(28)35)37(29-13-8-5-9-14-29)30-18-15-27(16-19-30)26-11-6-4-7-12-26/h4-9,11-16,18-21,25,33H,10,17,22-24H2,1-3H3/t33-,35-,36-/m1/s1. The maximum Gasteiger partial charge on any atom is 0.311 e. The van der Waals surface area contributed by atoms with Crippen molar-refractivity contribution in [2.45, 2.75) is 51.4 Å². The monoisotopic (exact) mass is 515 g/mol. The summed E-state index contributed by atoms with van der Waals surface area (Å²) in [5, 5.41) is 0. The van der Waals surface area contributed by atoms with Crippen molar-refractivity contribution in [2.24, 2.45) is 11.3 Å².